The summed E-state index contributed by atoms with van der Waals surface area (Å²) in [6, 6.07) is 0. The van der Waals surface area contributed by atoms with Gasteiger partial charge in [-0.1, -0.05) is 240 Å². The molecule has 432 valence electrons. The maximum absolute atomic E-state index is 11.4. The van der Waals surface area contributed by atoms with Gasteiger partial charge in [0.1, 0.15) is 0 Å². The molecule has 0 unspecified atom stereocenters. The molecular formula is C62H129N5O5. The minimum absolute atomic E-state index is 0.340. The van der Waals surface area contributed by atoms with Crippen LogP contribution in [0.25, 0.3) is 0 Å². The summed E-state index contributed by atoms with van der Waals surface area (Å²) in [7, 11) is 0. The highest BCUT2D eigenvalue weighted by Crippen LogP contribution is 2.17. The Labute approximate surface area is 449 Å². The molecule has 0 aliphatic carbocycles. The van der Waals surface area contributed by atoms with Gasteiger partial charge in [-0.3, -0.25) is 24.5 Å². The van der Waals surface area contributed by atoms with Gasteiger partial charge in [0.15, 0.2) is 0 Å². The van der Waals surface area contributed by atoms with Gasteiger partial charge >= 0.3 is 0 Å². The molecule has 1 rings (SSSR count). The van der Waals surface area contributed by atoms with Gasteiger partial charge in [0.2, 0.25) is 0 Å². The number of hydrogen-bond donors (Lipinski definition) is 5. The van der Waals surface area contributed by atoms with Gasteiger partial charge in [-0.05, 0) is 32.1 Å². The topological polar surface area (TPSA) is 117 Å². The molecule has 0 aromatic heterocycles. The predicted molar refractivity (Wildman–Crippen MR) is 311 cm³/mol. The summed E-state index contributed by atoms with van der Waals surface area (Å²) >= 11 is 0. The van der Waals surface area contributed by atoms with Crippen molar-refractivity contribution in [2.45, 2.75) is 303 Å². The first-order valence-corrected chi connectivity index (χ1v) is 32.2. The fourth-order valence-electron chi connectivity index (χ4n) is 10.9. The number of aliphatic hydroxyl groups is 5. The van der Waals surface area contributed by atoms with Crippen molar-refractivity contribution in [2.24, 2.45) is 0 Å². The maximum atomic E-state index is 11.4. The Balaban J connectivity index is 2.80. The fourth-order valence-corrected chi connectivity index (χ4v) is 10.9. The van der Waals surface area contributed by atoms with E-state index in [9.17, 15) is 25.5 Å². The van der Waals surface area contributed by atoms with E-state index in [1.807, 2.05) is 6.92 Å². The van der Waals surface area contributed by atoms with Crippen LogP contribution in [-0.2, 0) is 0 Å². The molecule has 0 aromatic rings. The first-order chi connectivity index (χ1) is 35.1. The molecule has 1 fully saturated rings. The summed E-state index contributed by atoms with van der Waals surface area (Å²) in [5.41, 5.74) is 0. The quantitative estimate of drug-likeness (QED) is 0.0377. The molecule has 10 heteroatoms. The maximum Gasteiger partial charge on any atom is 0.0667 e. The number of aliphatic hydroxyl groups excluding tert-OH is 5. The standard InChI is InChI=1S/C62H129N5O5/c1-6-11-15-19-23-27-31-35-39-59(69)54-65(50-52-66(53-58(68)10-5)55-60(70)40-36-32-28-24-20-16-12-7-2)49-47-63-43-45-64(46-44-63)48-51-67(56-61(71)41-37-33-29-25-21-17-13-8-3)57-62(72)42-38-34-30-26-22-18-14-9-4/h58-62,68-72H,6-57H2,1-5H3/t58-,59-,60-,61-,62-/m0/s1. The van der Waals surface area contributed by atoms with Crippen molar-refractivity contribution in [3.05, 3.63) is 0 Å². The van der Waals surface area contributed by atoms with E-state index in [0.717, 1.165) is 117 Å². The Morgan fingerprint density at radius 2 is 0.500 bits per heavy atom. The van der Waals surface area contributed by atoms with Gasteiger partial charge < -0.3 is 25.5 Å². The molecule has 0 spiro atoms. The molecule has 0 saturated carbocycles. The third kappa shape index (κ3) is 43.7. The van der Waals surface area contributed by atoms with Gasteiger partial charge in [-0.15, -0.1) is 0 Å². The van der Waals surface area contributed by atoms with Crippen LogP contribution in [-0.4, -0.2) is 179 Å². The van der Waals surface area contributed by atoms with Crippen LogP contribution in [0, 0.1) is 0 Å². The monoisotopic (exact) mass is 1020 g/mol. The molecule has 1 aliphatic rings. The highest BCUT2D eigenvalue weighted by Gasteiger charge is 2.23. The van der Waals surface area contributed by atoms with Gasteiger partial charge in [0.05, 0.1) is 30.5 Å². The minimum atomic E-state index is -0.403. The van der Waals surface area contributed by atoms with Gasteiger partial charge in [-0.25, -0.2) is 0 Å². The van der Waals surface area contributed by atoms with Crippen LogP contribution in [0.3, 0.4) is 0 Å². The molecule has 0 amide bonds. The second kappa shape index (κ2) is 51.4. The number of rotatable bonds is 56. The Morgan fingerprint density at radius 3 is 0.792 bits per heavy atom. The van der Waals surface area contributed by atoms with Crippen LogP contribution in [0.1, 0.15) is 272 Å². The molecule has 10 nitrogen and oxygen atoms in total. The summed E-state index contributed by atoms with van der Waals surface area (Å²) in [4.78, 5) is 12.3. The Morgan fingerprint density at radius 1 is 0.278 bits per heavy atom. The Kier molecular flexibility index (Phi) is 49.7. The van der Waals surface area contributed by atoms with Gasteiger partial charge in [-0.2, -0.15) is 0 Å². The van der Waals surface area contributed by atoms with Crippen molar-refractivity contribution < 1.29 is 25.5 Å². The molecule has 1 aliphatic heterocycles. The molecule has 1 heterocycles. The highest BCUT2D eigenvalue weighted by atomic mass is 16.3. The summed E-state index contributed by atoms with van der Waals surface area (Å²) in [5.74, 6) is 0. The summed E-state index contributed by atoms with van der Waals surface area (Å²) in [5, 5.41) is 55.7. The molecular weight excluding hydrogens is 895 g/mol. The summed E-state index contributed by atoms with van der Waals surface area (Å²) in [6.45, 7) is 23.7. The Hall–Kier alpha value is -0.400. The number of hydrogen-bond acceptors (Lipinski definition) is 10. The average molecular weight is 1020 g/mol. The lowest BCUT2D eigenvalue weighted by molar-refractivity contribution is 0.0429. The zero-order valence-electron chi connectivity index (χ0n) is 49.1. The van der Waals surface area contributed by atoms with E-state index >= 15 is 0 Å². The van der Waals surface area contributed by atoms with Crippen molar-refractivity contribution in [3.8, 4) is 0 Å². The van der Waals surface area contributed by atoms with E-state index in [1.165, 1.54) is 180 Å². The molecule has 0 radical (unpaired) electrons. The molecule has 5 atom stereocenters. The van der Waals surface area contributed by atoms with Gasteiger partial charge in [0.25, 0.3) is 0 Å². The van der Waals surface area contributed by atoms with E-state index in [-0.39, 0.29) is 24.4 Å². The molecule has 72 heavy (non-hydrogen) atoms. The van der Waals surface area contributed by atoms with Crippen LogP contribution in [0.4, 0.5) is 0 Å². The normalized spacial score (nSPS) is 16.1. The van der Waals surface area contributed by atoms with E-state index in [4.69, 9.17) is 0 Å². The Bertz CT molecular complexity index is 1060. The lowest BCUT2D eigenvalue weighted by atomic mass is 10.0. The lowest BCUT2D eigenvalue weighted by Gasteiger charge is -2.37. The van der Waals surface area contributed by atoms with E-state index in [1.54, 1.807) is 0 Å². The van der Waals surface area contributed by atoms with Crippen molar-refractivity contribution in [1.29, 1.82) is 0 Å². The number of piperazine rings is 1. The smallest absolute Gasteiger partial charge is 0.0667 e. The molecule has 1 saturated heterocycles. The van der Waals surface area contributed by atoms with Crippen molar-refractivity contribution in [1.82, 2.24) is 24.5 Å². The largest absolute Gasteiger partial charge is 0.392 e. The van der Waals surface area contributed by atoms with Crippen LogP contribution in [0.5, 0.6) is 0 Å². The molecule has 0 aromatic carbocycles. The molecule has 0 bridgehead atoms. The first-order valence-electron chi connectivity index (χ1n) is 32.2. The highest BCUT2D eigenvalue weighted by molar-refractivity contribution is 4.78. The predicted octanol–water partition coefficient (Wildman–Crippen LogP) is 12.8. The van der Waals surface area contributed by atoms with Crippen molar-refractivity contribution in [2.75, 3.05) is 98.2 Å². The van der Waals surface area contributed by atoms with Crippen LogP contribution >= 0.6 is 0 Å². The summed E-state index contributed by atoms with van der Waals surface area (Å²) in [6.07, 6.45) is 43.0. The molecule has 5 N–H and O–H groups in total. The van der Waals surface area contributed by atoms with Gasteiger partial charge in [0, 0.05) is 98.2 Å². The number of nitrogens with zero attached hydrogens (tertiary/aromatic N) is 5. The van der Waals surface area contributed by atoms with E-state index < -0.39 is 6.10 Å². The van der Waals surface area contributed by atoms with Crippen molar-refractivity contribution in [3.63, 3.8) is 0 Å². The second-order valence-electron chi connectivity index (χ2n) is 23.2. The SMILES string of the molecule is CCCCCCCCCC[C@H](O)CN(CCN1CCN(CCN(C[C@@H](O)CCCCCCCCCC)C[C@@H](O)CCCCCCCCCC)CC1)CCN(C[C@@H](O)CC)C[C@@H](O)CCCCCCCCCC. The van der Waals surface area contributed by atoms with E-state index in [2.05, 4.69) is 52.2 Å². The zero-order chi connectivity index (χ0) is 52.5. The fraction of sp³-hybridized carbons (Fsp3) is 1.00. The van der Waals surface area contributed by atoms with Crippen LogP contribution in [0.15, 0.2) is 0 Å². The first kappa shape index (κ1) is 69.6. The third-order valence-corrected chi connectivity index (χ3v) is 16.0. The van der Waals surface area contributed by atoms with Crippen LogP contribution < -0.4 is 0 Å². The third-order valence-electron chi connectivity index (χ3n) is 16.0. The number of unbranched alkanes of at least 4 members (excludes halogenated alkanes) is 28. The van der Waals surface area contributed by atoms with Crippen molar-refractivity contribution >= 4 is 0 Å². The second-order valence-corrected chi connectivity index (χ2v) is 23.2. The van der Waals surface area contributed by atoms with Crippen LogP contribution in [0.2, 0.25) is 0 Å². The lowest BCUT2D eigenvalue weighted by Crippen LogP contribution is -2.51. The minimum Gasteiger partial charge on any atom is -0.392 e. The zero-order valence-corrected chi connectivity index (χ0v) is 49.1. The van der Waals surface area contributed by atoms with E-state index in [0.29, 0.717) is 39.1 Å². The average Bonchev–Trinajstić information content (AvgIpc) is 3.37. The summed E-state index contributed by atoms with van der Waals surface area (Å²) < 4.78 is 0.